The molecule has 0 aliphatic rings. The van der Waals surface area contributed by atoms with Gasteiger partial charge in [-0.15, -0.1) is 0 Å². The van der Waals surface area contributed by atoms with Crippen LogP contribution in [0.2, 0.25) is 0 Å². The lowest BCUT2D eigenvalue weighted by Gasteiger charge is -2.20. The number of hydrogen-bond donors (Lipinski definition) is 1. The van der Waals surface area contributed by atoms with Gasteiger partial charge in [-0.1, -0.05) is 55.8 Å². The van der Waals surface area contributed by atoms with Crippen LogP contribution in [0.4, 0.5) is 0 Å². The number of nitrogens with one attached hydrogen (secondary N) is 1. The summed E-state index contributed by atoms with van der Waals surface area (Å²) in [5, 5.41) is 3.19. The van der Waals surface area contributed by atoms with Crippen LogP contribution in [0, 0.1) is 0 Å². The van der Waals surface area contributed by atoms with E-state index in [0.29, 0.717) is 17.7 Å². The molecular weight excluding hydrogens is 414 g/mol. The first-order valence-electron chi connectivity index (χ1n) is 11.1. The molecule has 0 unspecified atom stereocenters. The Labute approximate surface area is 193 Å². The number of rotatable bonds is 8. The van der Waals surface area contributed by atoms with Gasteiger partial charge in [-0.25, -0.2) is 9.78 Å². The van der Waals surface area contributed by atoms with Gasteiger partial charge in [0.25, 0.3) is 5.91 Å². The highest BCUT2D eigenvalue weighted by molar-refractivity contribution is 5.94. The molecule has 1 atom stereocenters. The molecule has 0 spiro atoms. The average molecular weight is 442 g/mol. The van der Waals surface area contributed by atoms with Gasteiger partial charge in [0, 0.05) is 12.1 Å². The first-order valence-corrected chi connectivity index (χ1v) is 11.1. The van der Waals surface area contributed by atoms with Crippen LogP contribution in [0.5, 0.6) is 0 Å². The van der Waals surface area contributed by atoms with Crippen molar-refractivity contribution in [2.75, 3.05) is 7.11 Å². The van der Waals surface area contributed by atoms with Gasteiger partial charge in [0.05, 0.1) is 29.7 Å². The number of carbonyl (C=O) groups excluding carboxylic acids is 2. The Morgan fingerprint density at radius 2 is 1.64 bits per heavy atom. The summed E-state index contributed by atoms with van der Waals surface area (Å²) in [5.74, 6) is 0.344. The van der Waals surface area contributed by atoms with Gasteiger partial charge in [0.1, 0.15) is 5.82 Å². The molecule has 1 amide bonds. The topological polar surface area (TPSA) is 73.2 Å². The summed E-state index contributed by atoms with van der Waals surface area (Å²) >= 11 is 0. The SMILES string of the molecule is CCC[C@@H](NC(=O)c1ccccc1)c1nc2ccccc2n1Cc1ccc(C(=O)OC)cc1. The van der Waals surface area contributed by atoms with Crippen molar-refractivity contribution in [3.8, 4) is 0 Å². The summed E-state index contributed by atoms with van der Waals surface area (Å²) in [6.45, 7) is 2.67. The van der Waals surface area contributed by atoms with Crippen molar-refractivity contribution in [2.24, 2.45) is 0 Å². The Bertz CT molecular complexity index is 1250. The minimum absolute atomic E-state index is 0.116. The molecule has 0 saturated carbocycles. The second kappa shape index (κ2) is 10.1. The number of methoxy groups -OCH3 is 1. The molecule has 168 valence electrons. The molecule has 0 aliphatic carbocycles. The number of carbonyl (C=O) groups is 2. The van der Waals surface area contributed by atoms with Crippen molar-refractivity contribution >= 4 is 22.9 Å². The summed E-state index contributed by atoms with van der Waals surface area (Å²) < 4.78 is 6.94. The van der Waals surface area contributed by atoms with E-state index in [0.717, 1.165) is 35.3 Å². The number of hydrogen-bond acceptors (Lipinski definition) is 4. The van der Waals surface area contributed by atoms with Gasteiger partial charge < -0.3 is 14.6 Å². The summed E-state index contributed by atoms with van der Waals surface area (Å²) in [6, 6.07) is 24.3. The zero-order chi connectivity index (χ0) is 23.2. The lowest BCUT2D eigenvalue weighted by atomic mass is 10.1. The third-order valence-electron chi connectivity index (χ3n) is 5.63. The van der Waals surface area contributed by atoms with Crippen molar-refractivity contribution in [3.63, 3.8) is 0 Å². The number of benzene rings is 3. The predicted octanol–water partition coefficient (Wildman–Crippen LogP) is 5.14. The number of para-hydroxylation sites is 2. The van der Waals surface area contributed by atoms with Crippen molar-refractivity contribution in [3.05, 3.63) is 101 Å². The van der Waals surface area contributed by atoms with E-state index >= 15 is 0 Å². The lowest BCUT2D eigenvalue weighted by Crippen LogP contribution is -2.30. The van der Waals surface area contributed by atoms with E-state index in [2.05, 4.69) is 16.8 Å². The number of ether oxygens (including phenoxy) is 1. The van der Waals surface area contributed by atoms with Crippen LogP contribution in [0.15, 0.2) is 78.9 Å². The third-order valence-corrected chi connectivity index (χ3v) is 5.63. The van der Waals surface area contributed by atoms with Gasteiger partial charge in [0.15, 0.2) is 0 Å². The average Bonchev–Trinajstić information content (AvgIpc) is 3.22. The largest absolute Gasteiger partial charge is 0.465 e. The van der Waals surface area contributed by atoms with Crippen LogP contribution >= 0.6 is 0 Å². The summed E-state index contributed by atoms with van der Waals surface area (Å²) in [4.78, 5) is 29.6. The monoisotopic (exact) mass is 441 g/mol. The third kappa shape index (κ3) is 4.95. The Morgan fingerprint density at radius 3 is 2.33 bits per heavy atom. The maximum absolute atomic E-state index is 12.9. The lowest BCUT2D eigenvalue weighted by molar-refractivity contribution is 0.0600. The smallest absolute Gasteiger partial charge is 0.337 e. The Morgan fingerprint density at radius 1 is 0.939 bits per heavy atom. The molecular formula is C27H27N3O3. The molecule has 3 aromatic carbocycles. The number of amides is 1. The molecule has 6 nitrogen and oxygen atoms in total. The van der Waals surface area contributed by atoms with E-state index in [1.807, 2.05) is 66.7 Å². The first-order chi connectivity index (χ1) is 16.1. The molecule has 4 aromatic rings. The van der Waals surface area contributed by atoms with Crippen LogP contribution < -0.4 is 5.32 Å². The van der Waals surface area contributed by atoms with Crippen molar-refractivity contribution in [1.82, 2.24) is 14.9 Å². The van der Waals surface area contributed by atoms with Gasteiger partial charge >= 0.3 is 5.97 Å². The molecule has 0 saturated heterocycles. The van der Waals surface area contributed by atoms with Crippen LogP contribution in [0.3, 0.4) is 0 Å². The first kappa shape index (κ1) is 22.3. The normalized spacial score (nSPS) is 11.8. The Balaban J connectivity index is 1.69. The molecule has 33 heavy (non-hydrogen) atoms. The minimum atomic E-state index is -0.359. The van der Waals surface area contributed by atoms with Crippen molar-refractivity contribution in [1.29, 1.82) is 0 Å². The molecule has 0 bridgehead atoms. The fourth-order valence-electron chi connectivity index (χ4n) is 3.96. The Kier molecular flexibility index (Phi) is 6.83. The maximum Gasteiger partial charge on any atom is 0.337 e. The van der Waals surface area contributed by atoms with Crippen LogP contribution in [-0.4, -0.2) is 28.5 Å². The van der Waals surface area contributed by atoms with Gasteiger partial charge in [-0.05, 0) is 48.4 Å². The van der Waals surface area contributed by atoms with E-state index < -0.39 is 0 Å². The second-order valence-electron chi connectivity index (χ2n) is 7.91. The molecule has 6 heteroatoms. The molecule has 0 radical (unpaired) electrons. The molecule has 0 fully saturated rings. The van der Waals surface area contributed by atoms with Crippen LogP contribution in [0.25, 0.3) is 11.0 Å². The fraction of sp³-hybridized carbons (Fsp3) is 0.222. The second-order valence-corrected chi connectivity index (χ2v) is 7.91. The highest BCUT2D eigenvalue weighted by Crippen LogP contribution is 2.25. The molecule has 0 aliphatic heterocycles. The number of nitrogens with zero attached hydrogens (tertiary/aromatic N) is 2. The summed E-state index contributed by atoms with van der Waals surface area (Å²) in [6.07, 6.45) is 1.67. The van der Waals surface area contributed by atoms with Gasteiger partial charge in [0.2, 0.25) is 0 Å². The van der Waals surface area contributed by atoms with Crippen molar-refractivity contribution < 1.29 is 14.3 Å². The number of imidazole rings is 1. The Hall–Kier alpha value is -3.93. The number of aromatic nitrogens is 2. The summed E-state index contributed by atoms with van der Waals surface area (Å²) in [7, 11) is 1.37. The van der Waals surface area contributed by atoms with E-state index in [1.54, 1.807) is 12.1 Å². The quantitative estimate of drug-likeness (QED) is 0.384. The highest BCUT2D eigenvalue weighted by atomic mass is 16.5. The standard InChI is InChI=1S/C27H27N3O3/c1-3-9-23(29-26(31)20-10-5-4-6-11-20)25-28-22-12-7-8-13-24(22)30(25)18-19-14-16-21(17-15-19)27(32)33-2/h4-8,10-17,23H,3,9,18H2,1-2H3,(H,29,31)/t23-/m1/s1. The highest BCUT2D eigenvalue weighted by Gasteiger charge is 2.22. The molecule has 1 N–H and O–H groups in total. The molecule has 1 heterocycles. The van der Waals surface area contributed by atoms with E-state index in [4.69, 9.17) is 9.72 Å². The predicted molar refractivity (Wildman–Crippen MR) is 128 cm³/mol. The van der Waals surface area contributed by atoms with Crippen LogP contribution in [-0.2, 0) is 11.3 Å². The van der Waals surface area contributed by atoms with E-state index in [-0.39, 0.29) is 17.9 Å². The zero-order valence-corrected chi connectivity index (χ0v) is 18.8. The maximum atomic E-state index is 12.9. The molecule has 4 rings (SSSR count). The number of esters is 1. The van der Waals surface area contributed by atoms with Gasteiger partial charge in [-0.2, -0.15) is 0 Å². The van der Waals surface area contributed by atoms with Crippen LogP contribution in [0.1, 0.15) is 57.9 Å². The van der Waals surface area contributed by atoms with Crippen molar-refractivity contribution in [2.45, 2.75) is 32.4 Å². The van der Waals surface area contributed by atoms with E-state index in [9.17, 15) is 9.59 Å². The fourth-order valence-corrected chi connectivity index (χ4v) is 3.96. The van der Waals surface area contributed by atoms with E-state index in [1.165, 1.54) is 7.11 Å². The number of fused-ring (bicyclic) bond motifs is 1. The minimum Gasteiger partial charge on any atom is -0.465 e. The van der Waals surface area contributed by atoms with Gasteiger partial charge in [-0.3, -0.25) is 4.79 Å². The molecule has 1 aromatic heterocycles. The zero-order valence-electron chi connectivity index (χ0n) is 18.8. The summed E-state index contributed by atoms with van der Waals surface area (Å²) in [5.41, 5.74) is 4.04.